The molecule has 0 aromatic heterocycles. The third-order valence-electron chi connectivity index (χ3n) is 2.98. The first-order valence-electron chi connectivity index (χ1n) is 5.34. The van der Waals surface area contributed by atoms with Gasteiger partial charge in [-0.2, -0.15) is 0 Å². The molecule has 82 valence electrons. The molecule has 2 rings (SSSR count). The van der Waals surface area contributed by atoms with Gasteiger partial charge in [-0.05, 0) is 51.2 Å². The molecule has 0 radical (unpaired) electrons. The number of nitrogens with two attached hydrogens (primary N) is 1. The van der Waals surface area contributed by atoms with Crippen molar-refractivity contribution in [2.75, 3.05) is 19.8 Å². The Balaban J connectivity index is 1.82. The van der Waals surface area contributed by atoms with Gasteiger partial charge in [-0.15, -0.1) is 0 Å². The van der Waals surface area contributed by atoms with Crippen LogP contribution in [0.25, 0.3) is 0 Å². The molecule has 0 aliphatic heterocycles. The first kappa shape index (κ1) is 10.3. The molecular weight excluding hydrogens is 188 g/mol. The van der Waals surface area contributed by atoms with E-state index in [-0.39, 0.29) is 0 Å². The van der Waals surface area contributed by atoms with Crippen LogP contribution in [0.3, 0.4) is 0 Å². The lowest BCUT2D eigenvalue weighted by Crippen LogP contribution is -2.46. The Kier molecular flexibility index (Phi) is 2.82. The summed E-state index contributed by atoms with van der Waals surface area (Å²) in [5, 5.41) is 0. The van der Waals surface area contributed by atoms with Crippen molar-refractivity contribution in [3.63, 3.8) is 0 Å². The summed E-state index contributed by atoms with van der Waals surface area (Å²) in [6.45, 7) is 0. The molecule has 0 spiro atoms. The summed E-state index contributed by atoms with van der Waals surface area (Å²) in [7, 11) is 4.23. The lowest BCUT2D eigenvalue weighted by Gasteiger charge is -2.39. The van der Waals surface area contributed by atoms with Gasteiger partial charge in [-0.1, -0.05) is 0 Å². The molecule has 0 atom stereocenters. The minimum absolute atomic E-state index is 0.376. The molecule has 1 aromatic carbocycles. The highest BCUT2D eigenvalue weighted by molar-refractivity contribution is 5.41. The largest absolute Gasteiger partial charge is 0.490 e. The minimum atomic E-state index is 0.376. The normalized spacial score (nSPS) is 25.0. The molecule has 15 heavy (non-hydrogen) atoms. The average Bonchev–Trinajstić information content (AvgIpc) is 2.13. The van der Waals surface area contributed by atoms with E-state index >= 15 is 0 Å². The molecule has 1 saturated carbocycles. The molecule has 3 heteroatoms. The fourth-order valence-electron chi connectivity index (χ4n) is 1.79. The van der Waals surface area contributed by atoms with E-state index in [1.807, 2.05) is 24.3 Å². The lowest BCUT2D eigenvalue weighted by molar-refractivity contribution is 0.0401. The SMILES string of the molecule is CN(C)C1CC(Oc2ccc(N)cc2)C1. The number of nitrogen functional groups attached to an aromatic ring is 1. The highest BCUT2D eigenvalue weighted by Crippen LogP contribution is 2.28. The van der Waals surface area contributed by atoms with Crippen LogP contribution >= 0.6 is 0 Å². The van der Waals surface area contributed by atoms with E-state index in [1.165, 1.54) is 0 Å². The van der Waals surface area contributed by atoms with Gasteiger partial charge in [0.1, 0.15) is 11.9 Å². The Labute approximate surface area is 90.8 Å². The van der Waals surface area contributed by atoms with Crippen LogP contribution in [0.15, 0.2) is 24.3 Å². The van der Waals surface area contributed by atoms with E-state index in [1.54, 1.807) is 0 Å². The van der Waals surface area contributed by atoms with Crippen molar-refractivity contribution in [2.24, 2.45) is 0 Å². The van der Waals surface area contributed by atoms with Crippen LogP contribution in [-0.2, 0) is 0 Å². The molecule has 0 bridgehead atoms. The van der Waals surface area contributed by atoms with Crippen LogP contribution in [0.4, 0.5) is 5.69 Å². The molecular formula is C12H18N2O. The molecule has 0 saturated heterocycles. The first-order chi connectivity index (χ1) is 7.15. The van der Waals surface area contributed by atoms with Crippen molar-refractivity contribution >= 4 is 5.69 Å². The Bertz CT molecular complexity index is 315. The minimum Gasteiger partial charge on any atom is -0.490 e. The summed E-state index contributed by atoms with van der Waals surface area (Å²) in [6.07, 6.45) is 2.62. The maximum absolute atomic E-state index is 5.80. The van der Waals surface area contributed by atoms with Crippen molar-refractivity contribution in [3.05, 3.63) is 24.3 Å². The number of benzene rings is 1. The molecule has 1 fully saturated rings. The fraction of sp³-hybridized carbons (Fsp3) is 0.500. The summed E-state index contributed by atoms with van der Waals surface area (Å²) >= 11 is 0. The van der Waals surface area contributed by atoms with Gasteiger partial charge in [0.05, 0.1) is 0 Å². The third-order valence-corrected chi connectivity index (χ3v) is 2.98. The molecule has 1 aromatic rings. The number of hydrogen-bond donors (Lipinski definition) is 1. The number of ether oxygens (including phenoxy) is 1. The molecule has 1 aliphatic rings. The van der Waals surface area contributed by atoms with E-state index in [9.17, 15) is 0 Å². The molecule has 2 N–H and O–H groups in total. The number of rotatable bonds is 3. The lowest BCUT2D eigenvalue weighted by atomic mass is 9.88. The maximum Gasteiger partial charge on any atom is 0.119 e. The van der Waals surface area contributed by atoms with E-state index in [0.29, 0.717) is 12.1 Å². The van der Waals surface area contributed by atoms with E-state index in [2.05, 4.69) is 19.0 Å². The molecule has 0 amide bonds. The summed E-state index contributed by atoms with van der Waals surface area (Å²) in [5.41, 5.74) is 6.38. The Morgan fingerprint density at radius 3 is 2.33 bits per heavy atom. The molecule has 3 nitrogen and oxygen atoms in total. The van der Waals surface area contributed by atoms with E-state index in [0.717, 1.165) is 24.3 Å². The maximum atomic E-state index is 5.80. The van der Waals surface area contributed by atoms with Crippen molar-refractivity contribution in [1.29, 1.82) is 0 Å². The average molecular weight is 206 g/mol. The van der Waals surface area contributed by atoms with Crippen LogP contribution < -0.4 is 10.5 Å². The summed E-state index contributed by atoms with van der Waals surface area (Å²) in [6, 6.07) is 8.29. The predicted octanol–water partition coefficient (Wildman–Crippen LogP) is 1.74. The van der Waals surface area contributed by atoms with Crippen LogP contribution in [0, 0.1) is 0 Å². The van der Waals surface area contributed by atoms with Gasteiger partial charge in [0.2, 0.25) is 0 Å². The zero-order valence-electron chi connectivity index (χ0n) is 9.31. The predicted molar refractivity (Wildman–Crippen MR) is 62.0 cm³/mol. The third kappa shape index (κ3) is 2.42. The first-order valence-corrected chi connectivity index (χ1v) is 5.34. The summed E-state index contributed by atoms with van der Waals surface area (Å²) in [4.78, 5) is 2.25. The Morgan fingerprint density at radius 1 is 1.20 bits per heavy atom. The van der Waals surface area contributed by atoms with Crippen molar-refractivity contribution < 1.29 is 4.74 Å². The number of nitrogens with zero attached hydrogens (tertiary/aromatic N) is 1. The van der Waals surface area contributed by atoms with Crippen molar-refractivity contribution in [3.8, 4) is 5.75 Å². The van der Waals surface area contributed by atoms with Gasteiger partial charge in [-0.3, -0.25) is 0 Å². The number of hydrogen-bond acceptors (Lipinski definition) is 3. The van der Waals surface area contributed by atoms with Crippen LogP contribution in [0.5, 0.6) is 5.75 Å². The highest BCUT2D eigenvalue weighted by Gasteiger charge is 2.32. The fourth-order valence-corrected chi connectivity index (χ4v) is 1.79. The van der Waals surface area contributed by atoms with Crippen LogP contribution in [0.1, 0.15) is 12.8 Å². The van der Waals surface area contributed by atoms with Crippen LogP contribution in [-0.4, -0.2) is 31.1 Å². The standard InChI is InChI=1S/C12H18N2O/c1-14(2)10-7-12(8-10)15-11-5-3-9(13)4-6-11/h3-6,10,12H,7-8,13H2,1-2H3. The van der Waals surface area contributed by atoms with Crippen molar-refractivity contribution in [1.82, 2.24) is 4.90 Å². The summed E-state index contributed by atoms with van der Waals surface area (Å²) in [5.74, 6) is 0.923. The zero-order chi connectivity index (χ0) is 10.8. The number of anilines is 1. The molecule has 1 aliphatic carbocycles. The van der Waals surface area contributed by atoms with Crippen molar-refractivity contribution in [2.45, 2.75) is 25.0 Å². The second-order valence-electron chi connectivity index (χ2n) is 4.40. The topological polar surface area (TPSA) is 38.5 Å². The van der Waals surface area contributed by atoms with Gasteiger partial charge in [-0.25, -0.2) is 0 Å². The molecule has 0 unspecified atom stereocenters. The zero-order valence-corrected chi connectivity index (χ0v) is 9.31. The Hall–Kier alpha value is -1.22. The quantitative estimate of drug-likeness (QED) is 0.766. The Morgan fingerprint density at radius 2 is 1.80 bits per heavy atom. The highest BCUT2D eigenvalue weighted by atomic mass is 16.5. The van der Waals surface area contributed by atoms with Gasteiger partial charge in [0, 0.05) is 11.7 Å². The summed E-state index contributed by atoms with van der Waals surface area (Å²) < 4.78 is 5.80. The second kappa shape index (κ2) is 4.11. The molecule has 0 heterocycles. The van der Waals surface area contributed by atoms with E-state index < -0.39 is 0 Å². The monoisotopic (exact) mass is 206 g/mol. The van der Waals surface area contributed by atoms with Gasteiger partial charge in [0.15, 0.2) is 0 Å². The second-order valence-corrected chi connectivity index (χ2v) is 4.40. The van der Waals surface area contributed by atoms with Gasteiger partial charge < -0.3 is 15.4 Å². The smallest absolute Gasteiger partial charge is 0.119 e. The van der Waals surface area contributed by atoms with Gasteiger partial charge >= 0.3 is 0 Å². The van der Waals surface area contributed by atoms with Gasteiger partial charge in [0.25, 0.3) is 0 Å². The van der Waals surface area contributed by atoms with Crippen LogP contribution in [0.2, 0.25) is 0 Å². The van der Waals surface area contributed by atoms with E-state index in [4.69, 9.17) is 10.5 Å².